The van der Waals surface area contributed by atoms with Gasteiger partial charge in [-0.05, 0) is 36.6 Å². The largest absolute Gasteiger partial charge is 0.394 e. The molecule has 1 aliphatic rings. The number of rotatable bonds is 13. The number of aliphatic hydroxyl groups excluding tert-OH is 2. The molecule has 1 aromatic carbocycles. The zero-order chi connectivity index (χ0) is 23.0. The molecule has 4 N–H and O–H groups in total. The fraction of sp³-hybridized carbons (Fsp3) is 0.550. The van der Waals surface area contributed by atoms with Crippen LogP contribution in [0.3, 0.4) is 0 Å². The van der Waals surface area contributed by atoms with Crippen molar-refractivity contribution in [2.24, 2.45) is 5.92 Å². The highest BCUT2D eigenvalue weighted by Gasteiger charge is 2.54. The SMILES string of the molecule is COOSc1ccc(C(=O)N[C@@H](CO)C(=O)N[C@@H](CC(C)C)C(=O)[C@@]2(CO)CO2)cc1. The van der Waals surface area contributed by atoms with E-state index in [1.165, 1.54) is 19.2 Å². The number of nitrogens with one attached hydrogen (secondary N) is 2. The Bertz CT molecular complexity index is 767. The summed E-state index contributed by atoms with van der Waals surface area (Å²) in [5, 5.41) is 24.1. The van der Waals surface area contributed by atoms with Crippen molar-refractivity contribution < 1.29 is 38.6 Å². The Morgan fingerprint density at radius 3 is 2.29 bits per heavy atom. The molecule has 0 spiro atoms. The van der Waals surface area contributed by atoms with Crippen LogP contribution in [0.2, 0.25) is 0 Å². The average Bonchev–Trinajstić information content (AvgIpc) is 3.56. The van der Waals surface area contributed by atoms with Gasteiger partial charge < -0.3 is 25.6 Å². The first kappa shape index (κ1) is 25.2. The van der Waals surface area contributed by atoms with Crippen LogP contribution in [0.4, 0.5) is 0 Å². The standard InChI is InChI=1S/C20H28N2O8S/c1-12(2)8-15(17(25)20(10-24)11-29-20)21-19(27)16(9-23)22-18(26)13-4-6-14(7-5-13)31-30-28-3/h4-7,12,15-16,23-24H,8-11H2,1-3H3,(H,21,27)(H,22,26)/t15-,16-,20+/m0/s1. The van der Waals surface area contributed by atoms with Crippen LogP contribution in [0, 0.1) is 5.92 Å². The zero-order valence-corrected chi connectivity index (χ0v) is 18.4. The summed E-state index contributed by atoms with van der Waals surface area (Å²) in [7, 11) is 1.37. The molecule has 1 fully saturated rings. The molecule has 11 heteroatoms. The highest BCUT2D eigenvalue weighted by Crippen LogP contribution is 2.30. The number of aliphatic hydroxyl groups is 2. The number of hydrogen-bond acceptors (Lipinski definition) is 9. The third kappa shape index (κ3) is 6.99. The number of carbonyl (C=O) groups excluding carboxylic acids is 3. The van der Waals surface area contributed by atoms with E-state index >= 15 is 0 Å². The average molecular weight is 457 g/mol. The van der Waals surface area contributed by atoms with Gasteiger partial charge in [-0.3, -0.25) is 14.4 Å². The lowest BCUT2D eigenvalue weighted by Gasteiger charge is -2.24. The second-order valence-electron chi connectivity index (χ2n) is 7.55. The van der Waals surface area contributed by atoms with E-state index in [4.69, 9.17) is 9.07 Å². The third-order valence-corrected chi connectivity index (χ3v) is 5.33. The van der Waals surface area contributed by atoms with E-state index in [-0.39, 0.29) is 18.1 Å². The number of carbonyl (C=O) groups is 3. The molecule has 1 aliphatic heterocycles. The lowest BCUT2D eigenvalue weighted by atomic mass is 9.92. The summed E-state index contributed by atoms with van der Waals surface area (Å²) >= 11 is 0.969. The molecule has 0 aliphatic carbocycles. The molecule has 3 atom stereocenters. The molecular weight excluding hydrogens is 428 g/mol. The van der Waals surface area contributed by atoms with E-state index in [1.807, 2.05) is 13.8 Å². The Balaban J connectivity index is 2.02. The van der Waals surface area contributed by atoms with Crippen LogP contribution in [-0.4, -0.2) is 72.4 Å². The Kier molecular flexibility index (Phi) is 9.41. The van der Waals surface area contributed by atoms with Gasteiger partial charge >= 0.3 is 0 Å². The van der Waals surface area contributed by atoms with Crippen LogP contribution in [0.5, 0.6) is 0 Å². The maximum Gasteiger partial charge on any atom is 0.251 e. The minimum atomic E-state index is -1.28. The molecule has 0 unspecified atom stereocenters. The molecule has 2 amide bonds. The highest BCUT2D eigenvalue weighted by atomic mass is 32.2. The fourth-order valence-electron chi connectivity index (χ4n) is 2.86. The fourth-order valence-corrected chi connectivity index (χ4v) is 3.26. The molecule has 0 bridgehead atoms. The van der Waals surface area contributed by atoms with Gasteiger partial charge in [-0.15, -0.1) is 0 Å². The summed E-state index contributed by atoms with van der Waals surface area (Å²) in [5.41, 5.74) is -1.01. The van der Waals surface area contributed by atoms with Crippen molar-refractivity contribution in [3.8, 4) is 0 Å². The van der Waals surface area contributed by atoms with Crippen molar-refractivity contribution in [2.45, 2.75) is 42.8 Å². The van der Waals surface area contributed by atoms with Crippen molar-refractivity contribution in [2.75, 3.05) is 26.9 Å². The Labute approximate surface area is 184 Å². The smallest absolute Gasteiger partial charge is 0.251 e. The van der Waals surface area contributed by atoms with Gasteiger partial charge in [-0.2, -0.15) is 4.33 Å². The first-order chi connectivity index (χ1) is 14.8. The second kappa shape index (κ2) is 11.6. The van der Waals surface area contributed by atoms with Crippen LogP contribution in [0.1, 0.15) is 30.6 Å². The van der Waals surface area contributed by atoms with E-state index in [2.05, 4.69) is 15.5 Å². The minimum absolute atomic E-state index is 0.0735. The summed E-state index contributed by atoms with van der Waals surface area (Å²) < 4.78 is 9.84. The molecule has 31 heavy (non-hydrogen) atoms. The predicted octanol–water partition coefficient (Wildman–Crippen LogP) is 0.224. The highest BCUT2D eigenvalue weighted by molar-refractivity contribution is 7.94. The molecule has 0 radical (unpaired) electrons. The summed E-state index contributed by atoms with van der Waals surface area (Å²) in [6, 6.07) is 4.16. The van der Waals surface area contributed by atoms with Gasteiger partial charge in [-0.1, -0.05) is 13.8 Å². The van der Waals surface area contributed by atoms with Crippen molar-refractivity contribution in [1.82, 2.24) is 10.6 Å². The first-order valence-corrected chi connectivity index (χ1v) is 10.5. The summed E-state index contributed by atoms with van der Waals surface area (Å²) in [6.07, 6.45) is 0.324. The van der Waals surface area contributed by atoms with Crippen molar-refractivity contribution in [3.05, 3.63) is 29.8 Å². The third-order valence-electron chi connectivity index (χ3n) is 4.66. The number of epoxide rings is 1. The van der Waals surface area contributed by atoms with Gasteiger partial charge in [0.05, 0.1) is 45.0 Å². The monoisotopic (exact) mass is 456 g/mol. The number of Topliss-reactive ketones (excluding diaryl/α,β-unsaturated/α-hetero) is 1. The number of hydrogen-bond donors (Lipinski definition) is 4. The Hall–Kier alpha value is -2.02. The number of ether oxygens (including phenoxy) is 1. The molecule has 1 saturated heterocycles. The molecule has 2 rings (SSSR count). The van der Waals surface area contributed by atoms with E-state index in [9.17, 15) is 24.6 Å². The molecular formula is C20H28N2O8S. The Morgan fingerprint density at radius 2 is 1.81 bits per heavy atom. The minimum Gasteiger partial charge on any atom is -0.394 e. The molecule has 1 aromatic rings. The van der Waals surface area contributed by atoms with Crippen molar-refractivity contribution in [3.63, 3.8) is 0 Å². The van der Waals surface area contributed by atoms with E-state index < -0.39 is 48.5 Å². The van der Waals surface area contributed by atoms with Gasteiger partial charge in [0, 0.05) is 10.5 Å². The number of benzene rings is 1. The van der Waals surface area contributed by atoms with Crippen LogP contribution in [0.25, 0.3) is 0 Å². The number of amides is 2. The van der Waals surface area contributed by atoms with Crippen LogP contribution >= 0.6 is 12.0 Å². The summed E-state index contributed by atoms with van der Waals surface area (Å²) in [4.78, 5) is 43.0. The molecule has 0 saturated carbocycles. The maximum absolute atomic E-state index is 12.7. The summed E-state index contributed by atoms with van der Waals surface area (Å²) in [6.45, 7) is 2.74. The lowest BCUT2D eigenvalue weighted by Crippen LogP contribution is -2.55. The molecule has 172 valence electrons. The number of ketones is 1. The van der Waals surface area contributed by atoms with Gasteiger partial charge in [-0.25, -0.2) is 4.89 Å². The topological polar surface area (TPSA) is 147 Å². The van der Waals surface area contributed by atoms with Crippen molar-refractivity contribution in [1.29, 1.82) is 0 Å². The van der Waals surface area contributed by atoms with Gasteiger partial charge in [0.2, 0.25) is 5.91 Å². The van der Waals surface area contributed by atoms with Crippen molar-refractivity contribution >= 4 is 29.6 Å². The van der Waals surface area contributed by atoms with Crippen LogP contribution < -0.4 is 10.6 Å². The molecule has 0 aromatic heterocycles. The van der Waals surface area contributed by atoms with Crippen LogP contribution in [0.15, 0.2) is 29.2 Å². The van der Waals surface area contributed by atoms with Crippen LogP contribution in [-0.2, 0) is 23.5 Å². The summed E-state index contributed by atoms with van der Waals surface area (Å²) in [5.74, 6) is -1.62. The normalized spacial score (nSPS) is 19.5. The molecule has 10 nitrogen and oxygen atoms in total. The zero-order valence-electron chi connectivity index (χ0n) is 17.6. The molecule has 1 heterocycles. The Morgan fingerprint density at radius 1 is 1.16 bits per heavy atom. The predicted molar refractivity (Wildman–Crippen MR) is 111 cm³/mol. The van der Waals surface area contributed by atoms with E-state index in [1.54, 1.807) is 12.1 Å². The first-order valence-electron chi connectivity index (χ1n) is 9.75. The lowest BCUT2D eigenvalue weighted by molar-refractivity contribution is -0.160. The quantitative estimate of drug-likeness (QED) is 0.142. The van der Waals surface area contributed by atoms with E-state index in [0.29, 0.717) is 11.3 Å². The second-order valence-corrected chi connectivity index (χ2v) is 8.32. The van der Waals surface area contributed by atoms with Gasteiger partial charge in [0.15, 0.2) is 11.4 Å². The van der Waals surface area contributed by atoms with Gasteiger partial charge in [0.25, 0.3) is 5.91 Å². The van der Waals surface area contributed by atoms with E-state index in [0.717, 1.165) is 12.0 Å². The van der Waals surface area contributed by atoms with Gasteiger partial charge in [0.1, 0.15) is 6.04 Å². The maximum atomic E-state index is 12.7.